The van der Waals surface area contributed by atoms with E-state index in [-0.39, 0.29) is 23.4 Å². The van der Waals surface area contributed by atoms with Crippen LogP contribution in [0.15, 0.2) is 54.6 Å². The molecule has 3 aromatic rings. The predicted molar refractivity (Wildman–Crippen MR) is 118 cm³/mol. The maximum Gasteiger partial charge on any atom is 0.166 e. The molecule has 3 aromatic carbocycles. The molecule has 0 spiro atoms. The highest BCUT2D eigenvalue weighted by Gasteiger charge is 2.27. The van der Waals surface area contributed by atoms with Crippen molar-refractivity contribution >= 4 is 0 Å². The number of hydrogen-bond donors (Lipinski definition) is 0. The van der Waals surface area contributed by atoms with Gasteiger partial charge in [0.2, 0.25) is 0 Å². The van der Waals surface area contributed by atoms with Crippen LogP contribution in [-0.2, 0) is 6.42 Å². The molecule has 1 aliphatic rings. The Labute approximate surface area is 181 Å². The smallest absolute Gasteiger partial charge is 0.166 e. The molecule has 0 bridgehead atoms. The molecule has 1 fully saturated rings. The summed E-state index contributed by atoms with van der Waals surface area (Å²) in [5.74, 6) is -1.44. The Morgan fingerprint density at radius 2 is 1.48 bits per heavy atom. The van der Waals surface area contributed by atoms with Gasteiger partial charge >= 0.3 is 0 Å². The zero-order valence-corrected chi connectivity index (χ0v) is 17.9. The van der Waals surface area contributed by atoms with Gasteiger partial charge in [0.05, 0.1) is 7.11 Å². The lowest BCUT2D eigenvalue weighted by molar-refractivity contribution is 0.374. The second kappa shape index (κ2) is 9.17. The Bertz CT molecular complexity index is 1050. The van der Waals surface area contributed by atoms with Crippen LogP contribution >= 0.6 is 0 Å². The number of aryl methyl sites for hydroxylation is 1. The molecule has 4 heteroatoms. The third-order valence-electron chi connectivity index (χ3n) is 6.60. The molecule has 162 valence electrons. The average molecular weight is 425 g/mol. The molecular formula is C27H27F3O. The van der Waals surface area contributed by atoms with E-state index >= 15 is 0 Å². The number of benzene rings is 3. The van der Waals surface area contributed by atoms with Gasteiger partial charge in [0, 0.05) is 5.56 Å². The third kappa shape index (κ3) is 4.34. The van der Waals surface area contributed by atoms with Crippen LogP contribution in [-0.4, -0.2) is 7.11 Å². The minimum Gasteiger partial charge on any atom is -0.494 e. The Hall–Kier alpha value is -2.75. The molecule has 0 atom stereocenters. The first-order chi connectivity index (χ1) is 15.0. The number of rotatable bonds is 5. The SMILES string of the molecule is CCc1ccc(-c2ccc(C3CCC(c4ccc(OC)c(F)c4)CC3)c(F)c2F)cc1. The van der Waals surface area contributed by atoms with E-state index in [1.807, 2.05) is 30.3 Å². The summed E-state index contributed by atoms with van der Waals surface area (Å²) in [6.45, 7) is 2.06. The second-order valence-electron chi connectivity index (χ2n) is 8.32. The summed E-state index contributed by atoms with van der Waals surface area (Å²) in [6, 6.07) is 16.1. The van der Waals surface area contributed by atoms with E-state index in [1.54, 1.807) is 18.2 Å². The molecule has 4 rings (SSSR count). The summed E-state index contributed by atoms with van der Waals surface area (Å²) in [7, 11) is 1.45. The fourth-order valence-electron chi connectivity index (χ4n) is 4.70. The van der Waals surface area contributed by atoms with Gasteiger partial charge in [-0.1, -0.05) is 49.4 Å². The Morgan fingerprint density at radius 3 is 2.10 bits per heavy atom. The normalized spacial score (nSPS) is 18.7. The van der Waals surface area contributed by atoms with Gasteiger partial charge < -0.3 is 4.74 Å². The summed E-state index contributed by atoms with van der Waals surface area (Å²) in [5.41, 5.74) is 3.53. The van der Waals surface area contributed by atoms with E-state index in [2.05, 4.69) is 6.92 Å². The zero-order valence-electron chi connectivity index (χ0n) is 17.9. The van der Waals surface area contributed by atoms with Crippen molar-refractivity contribution in [3.63, 3.8) is 0 Å². The minimum atomic E-state index is -0.777. The molecule has 1 aliphatic carbocycles. The number of hydrogen-bond acceptors (Lipinski definition) is 1. The van der Waals surface area contributed by atoms with E-state index in [4.69, 9.17) is 4.74 Å². The topological polar surface area (TPSA) is 9.23 Å². The molecule has 0 aliphatic heterocycles. The van der Waals surface area contributed by atoms with Crippen molar-refractivity contribution in [3.8, 4) is 16.9 Å². The number of ether oxygens (including phenoxy) is 1. The molecule has 0 unspecified atom stereocenters. The van der Waals surface area contributed by atoms with Crippen LogP contribution in [0.2, 0.25) is 0 Å². The first-order valence-electron chi connectivity index (χ1n) is 10.9. The van der Waals surface area contributed by atoms with Gasteiger partial charge in [-0.3, -0.25) is 0 Å². The van der Waals surface area contributed by atoms with E-state index in [1.165, 1.54) is 13.2 Å². The van der Waals surface area contributed by atoms with Crippen LogP contribution in [0.25, 0.3) is 11.1 Å². The van der Waals surface area contributed by atoms with Gasteiger partial charge in [0.15, 0.2) is 23.2 Å². The fourth-order valence-corrected chi connectivity index (χ4v) is 4.70. The highest BCUT2D eigenvalue weighted by molar-refractivity contribution is 5.65. The van der Waals surface area contributed by atoms with Crippen molar-refractivity contribution < 1.29 is 17.9 Å². The molecule has 0 heterocycles. The van der Waals surface area contributed by atoms with Crippen LogP contribution < -0.4 is 4.74 Å². The van der Waals surface area contributed by atoms with Gasteiger partial charge in [-0.15, -0.1) is 0 Å². The molecule has 0 radical (unpaired) electrons. The molecule has 0 N–H and O–H groups in total. The lowest BCUT2D eigenvalue weighted by Crippen LogP contribution is -2.14. The standard InChI is InChI=1S/C27H27F3O/c1-3-17-4-6-19(7-5-17)22-13-14-23(27(30)26(22)29)20-10-8-18(9-11-20)21-12-15-25(31-2)24(28)16-21/h4-7,12-16,18,20H,3,8-11H2,1-2H3. The van der Waals surface area contributed by atoms with Gasteiger partial charge in [-0.05, 0) is 78.3 Å². The average Bonchev–Trinajstić information content (AvgIpc) is 2.81. The van der Waals surface area contributed by atoms with Gasteiger partial charge in [-0.2, -0.15) is 0 Å². The molecule has 0 amide bonds. The van der Waals surface area contributed by atoms with E-state index < -0.39 is 11.6 Å². The van der Waals surface area contributed by atoms with Crippen molar-refractivity contribution in [3.05, 3.63) is 88.7 Å². The van der Waals surface area contributed by atoms with Gasteiger partial charge in [-0.25, -0.2) is 13.2 Å². The Balaban J connectivity index is 1.49. The summed E-state index contributed by atoms with van der Waals surface area (Å²) in [5, 5.41) is 0. The molecule has 1 nitrogen and oxygen atoms in total. The summed E-state index contributed by atoms with van der Waals surface area (Å²) in [6.07, 6.45) is 4.04. The van der Waals surface area contributed by atoms with Crippen LogP contribution in [0.1, 0.15) is 61.1 Å². The van der Waals surface area contributed by atoms with Gasteiger partial charge in [0.1, 0.15) is 0 Å². The predicted octanol–water partition coefficient (Wildman–Crippen LogP) is 7.78. The van der Waals surface area contributed by atoms with Crippen molar-refractivity contribution in [2.75, 3.05) is 7.11 Å². The number of methoxy groups -OCH3 is 1. The quantitative estimate of drug-likeness (QED) is 0.406. The zero-order chi connectivity index (χ0) is 22.0. The largest absolute Gasteiger partial charge is 0.494 e. The summed E-state index contributed by atoms with van der Waals surface area (Å²) >= 11 is 0. The third-order valence-corrected chi connectivity index (χ3v) is 6.60. The monoisotopic (exact) mass is 424 g/mol. The highest BCUT2D eigenvalue weighted by Crippen LogP contribution is 2.42. The molecule has 0 saturated heterocycles. The van der Waals surface area contributed by atoms with Crippen LogP contribution in [0, 0.1) is 17.5 Å². The van der Waals surface area contributed by atoms with Crippen molar-refractivity contribution in [2.24, 2.45) is 0 Å². The Morgan fingerprint density at radius 1 is 0.806 bits per heavy atom. The number of halogens is 3. The highest BCUT2D eigenvalue weighted by atomic mass is 19.2. The summed E-state index contributed by atoms with van der Waals surface area (Å²) in [4.78, 5) is 0. The lowest BCUT2D eigenvalue weighted by atomic mass is 9.76. The van der Waals surface area contributed by atoms with Crippen LogP contribution in [0.3, 0.4) is 0 Å². The maximum atomic E-state index is 15.0. The van der Waals surface area contributed by atoms with Crippen molar-refractivity contribution in [1.29, 1.82) is 0 Å². The van der Waals surface area contributed by atoms with Gasteiger partial charge in [0.25, 0.3) is 0 Å². The Kier molecular flexibility index (Phi) is 6.35. The molecule has 1 saturated carbocycles. The second-order valence-corrected chi connectivity index (χ2v) is 8.32. The van der Waals surface area contributed by atoms with Crippen molar-refractivity contribution in [1.82, 2.24) is 0 Å². The fraction of sp³-hybridized carbons (Fsp3) is 0.333. The van der Waals surface area contributed by atoms with E-state index in [9.17, 15) is 13.2 Å². The first-order valence-corrected chi connectivity index (χ1v) is 10.9. The lowest BCUT2D eigenvalue weighted by Gasteiger charge is -2.29. The minimum absolute atomic E-state index is 0.0228. The van der Waals surface area contributed by atoms with Crippen molar-refractivity contribution in [2.45, 2.75) is 50.9 Å². The van der Waals surface area contributed by atoms with Crippen LogP contribution in [0.4, 0.5) is 13.2 Å². The molecule has 0 aromatic heterocycles. The molecule has 31 heavy (non-hydrogen) atoms. The van der Waals surface area contributed by atoms with Crippen LogP contribution in [0.5, 0.6) is 5.75 Å². The first kappa shape index (κ1) is 21.5. The van der Waals surface area contributed by atoms with E-state index in [0.29, 0.717) is 16.7 Å². The van der Waals surface area contributed by atoms with E-state index in [0.717, 1.165) is 43.2 Å². The maximum absolute atomic E-state index is 15.0. The summed E-state index contributed by atoms with van der Waals surface area (Å²) < 4.78 is 48.9. The molecular weight excluding hydrogens is 397 g/mol.